The second-order valence-corrected chi connectivity index (χ2v) is 6.28. The predicted molar refractivity (Wildman–Crippen MR) is 92.7 cm³/mol. The van der Waals surface area contributed by atoms with Crippen molar-refractivity contribution in [2.24, 2.45) is 4.99 Å². The van der Waals surface area contributed by atoms with Crippen molar-refractivity contribution in [3.63, 3.8) is 0 Å². The fourth-order valence-corrected chi connectivity index (χ4v) is 3.64. The summed E-state index contributed by atoms with van der Waals surface area (Å²) in [5.41, 5.74) is 1.76. The van der Waals surface area contributed by atoms with Crippen molar-refractivity contribution >= 4 is 27.5 Å². The summed E-state index contributed by atoms with van der Waals surface area (Å²) in [6, 6.07) is 11.9. The van der Waals surface area contributed by atoms with E-state index in [9.17, 15) is 9.18 Å². The maximum Gasteiger partial charge on any atom is 0.252 e. The van der Waals surface area contributed by atoms with E-state index in [1.807, 2.05) is 35.8 Å². The number of nitrogens with zero attached hydrogens (tertiary/aromatic N) is 2. The lowest BCUT2D eigenvalue weighted by Gasteiger charge is -2.02. The van der Waals surface area contributed by atoms with E-state index in [2.05, 4.69) is 4.99 Å². The monoisotopic (exact) mass is 344 g/mol. The van der Waals surface area contributed by atoms with Crippen molar-refractivity contribution in [1.29, 1.82) is 0 Å². The number of benzene rings is 2. The third-order valence-electron chi connectivity index (χ3n) is 3.70. The molecule has 0 aliphatic rings. The van der Waals surface area contributed by atoms with E-state index in [1.54, 1.807) is 13.2 Å². The van der Waals surface area contributed by atoms with Crippen LogP contribution in [-0.4, -0.2) is 17.6 Å². The van der Waals surface area contributed by atoms with Gasteiger partial charge in [0.15, 0.2) is 4.80 Å². The van der Waals surface area contributed by atoms with Crippen LogP contribution in [-0.2, 0) is 17.8 Å². The number of aryl methyl sites for hydroxylation is 1. The van der Waals surface area contributed by atoms with Gasteiger partial charge in [-0.15, -0.1) is 0 Å². The van der Waals surface area contributed by atoms with Gasteiger partial charge in [-0.2, -0.15) is 4.99 Å². The normalized spacial score (nSPS) is 11.9. The number of ether oxygens (including phenoxy) is 1. The quantitative estimate of drug-likeness (QED) is 0.726. The van der Waals surface area contributed by atoms with Crippen LogP contribution in [0.3, 0.4) is 0 Å². The number of thiazole rings is 1. The molecule has 1 heterocycles. The Kier molecular flexibility index (Phi) is 4.76. The molecule has 0 spiro atoms. The number of fused-ring (bicyclic) bond motifs is 1. The Hall–Kier alpha value is -2.47. The lowest BCUT2D eigenvalue weighted by atomic mass is 10.1. The zero-order chi connectivity index (χ0) is 17.1. The number of carbonyl (C=O) groups is 1. The van der Waals surface area contributed by atoms with E-state index in [1.165, 1.54) is 23.5 Å². The number of aromatic nitrogens is 1. The Bertz CT molecular complexity index is 942. The lowest BCUT2D eigenvalue weighted by molar-refractivity contribution is -0.117. The zero-order valence-electron chi connectivity index (χ0n) is 13.5. The maximum atomic E-state index is 13.4. The van der Waals surface area contributed by atoms with Gasteiger partial charge in [-0.25, -0.2) is 4.39 Å². The summed E-state index contributed by atoms with van der Waals surface area (Å²) in [4.78, 5) is 17.1. The first kappa shape index (κ1) is 16.4. The topological polar surface area (TPSA) is 43.6 Å². The SMILES string of the molecule is CCn1c(=NC(=O)Cc2ccc(OC)cc2)sc2cc(F)ccc21. The van der Waals surface area contributed by atoms with Crippen molar-refractivity contribution in [2.75, 3.05) is 7.11 Å². The molecule has 3 aromatic rings. The molecule has 0 fully saturated rings. The van der Waals surface area contributed by atoms with E-state index in [0.29, 0.717) is 11.3 Å². The fraction of sp³-hybridized carbons (Fsp3) is 0.222. The molecule has 0 aliphatic carbocycles. The summed E-state index contributed by atoms with van der Waals surface area (Å²) in [6.45, 7) is 2.64. The van der Waals surface area contributed by atoms with E-state index in [-0.39, 0.29) is 18.1 Å². The Labute approximate surface area is 142 Å². The minimum atomic E-state index is -0.289. The van der Waals surface area contributed by atoms with Gasteiger partial charge in [-0.05, 0) is 42.8 Å². The Morgan fingerprint density at radius 1 is 1.25 bits per heavy atom. The van der Waals surface area contributed by atoms with Crippen molar-refractivity contribution in [2.45, 2.75) is 19.9 Å². The first-order valence-electron chi connectivity index (χ1n) is 7.60. The average Bonchev–Trinajstić information content (AvgIpc) is 2.91. The van der Waals surface area contributed by atoms with Crippen LogP contribution in [0.2, 0.25) is 0 Å². The van der Waals surface area contributed by atoms with Gasteiger partial charge in [0, 0.05) is 6.54 Å². The van der Waals surface area contributed by atoms with Gasteiger partial charge >= 0.3 is 0 Å². The van der Waals surface area contributed by atoms with Crippen molar-refractivity contribution in [3.05, 3.63) is 58.6 Å². The predicted octanol–water partition coefficient (Wildman–Crippen LogP) is 3.54. The van der Waals surface area contributed by atoms with Crippen molar-refractivity contribution in [3.8, 4) is 5.75 Å². The lowest BCUT2D eigenvalue weighted by Crippen LogP contribution is -2.16. The second-order valence-electron chi connectivity index (χ2n) is 5.27. The molecule has 0 saturated carbocycles. The summed E-state index contributed by atoms with van der Waals surface area (Å²) in [5.74, 6) is 0.232. The fourth-order valence-electron chi connectivity index (χ4n) is 2.50. The van der Waals surface area contributed by atoms with E-state index in [4.69, 9.17) is 4.74 Å². The smallest absolute Gasteiger partial charge is 0.252 e. The molecule has 0 radical (unpaired) electrons. The van der Waals surface area contributed by atoms with Crippen LogP contribution in [0.25, 0.3) is 10.2 Å². The molecule has 4 nitrogen and oxygen atoms in total. The summed E-state index contributed by atoms with van der Waals surface area (Å²) >= 11 is 1.32. The number of hydrogen-bond acceptors (Lipinski definition) is 3. The molecule has 0 unspecified atom stereocenters. The van der Waals surface area contributed by atoms with Crippen molar-refractivity contribution < 1.29 is 13.9 Å². The van der Waals surface area contributed by atoms with Gasteiger partial charge in [0.1, 0.15) is 11.6 Å². The van der Waals surface area contributed by atoms with Crippen molar-refractivity contribution in [1.82, 2.24) is 4.57 Å². The largest absolute Gasteiger partial charge is 0.497 e. The first-order valence-corrected chi connectivity index (χ1v) is 8.41. The molecule has 0 N–H and O–H groups in total. The minimum absolute atomic E-state index is 0.219. The molecule has 0 bridgehead atoms. The van der Waals surface area contributed by atoms with Crippen LogP contribution >= 0.6 is 11.3 Å². The Balaban J connectivity index is 1.91. The number of halogens is 1. The van der Waals surface area contributed by atoms with E-state index in [0.717, 1.165) is 21.5 Å². The third kappa shape index (κ3) is 3.38. The molecular formula is C18H17FN2O2S. The van der Waals surface area contributed by atoms with Crippen LogP contribution in [0.4, 0.5) is 4.39 Å². The molecule has 3 rings (SSSR count). The summed E-state index contributed by atoms with van der Waals surface area (Å²) < 4.78 is 21.2. The molecule has 24 heavy (non-hydrogen) atoms. The first-order chi connectivity index (χ1) is 11.6. The van der Waals surface area contributed by atoms with E-state index < -0.39 is 0 Å². The van der Waals surface area contributed by atoms with Crippen LogP contribution in [0.15, 0.2) is 47.5 Å². The van der Waals surface area contributed by atoms with Gasteiger partial charge in [-0.1, -0.05) is 23.5 Å². The number of methoxy groups -OCH3 is 1. The summed E-state index contributed by atoms with van der Waals surface area (Å²) in [6.07, 6.45) is 0.219. The third-order valence-corrected chi connectivity index (χ3v) is 4.74. The molecule has 0 aliphatic heterocycles. The number of carbonyl (C=O) groups excluding carboxylic acids is 1. The van der Waals surface area contributed by atoms with Gasteiger partial charge < -0.3 is 9.30 Å². The average molecular weight is 344 g/mol. The zero-order valence-corrected chi connectivity index (χ0v) is 14.3. The van der Waals surface area contributed by atoms with Crippen LogP contribution in [0.1, 0.15) is 12.5 Å². The number of hydrogen-bond donors (Lipinski definition) is 0. The molecule has 1 amide bonds. The second kappa shape index (κ2) is 6.97. The molecule has 6 heteroatoms. The standard InChI is InChI=1S/C18H17FN2O2S/c1-3-21-15-9-6-13(19)11-16(15)24-18(21)20-17(22)10-12-4-7-14(23-2)8-5-12/h4-9,11H,3,10H2,1-2H3. The molecule has 1 aromatic heterocycles. The molecule has 124 valence electrons. The van der Waals surface area contributed by atoms with Crippen LogP contribution in [0.5, 0.6) is 5.75 Å². The van der Waals surface area contributed by atoms with Gasteiger partial charge in [-0.3, -0.25) is 4.79 Å². The Morgan fingerprint density at radius 2 is 2.00 bits per heavy atom. The maximum absolute atomic E-state index is 13.4. The van der Waals surface area contributed by atoms with Gasteiger partial charge in [0.25, 0.3) is 5.91 Å². The van der Waals surface area contributed by atoms with Gasteiger partial charge in [0.05, 0.1) is 23.7 Å². The number of rotatable bonds is 4. The molecular weight excluding hydrogens is 327 g/mol. The number of amides is 1. The summed E-state index contributed by atoms with van der Waals surface area (Å²) in [7, 11) is 1.60. The van der Waals surface area contributed by atoms with Gasteiger partial charge in [0.2, 0.25) is 0 Å². The Morgan fingerprint density at radius 3 is 2.67 bits per heavy atom. The highest BCUT2D eigenvalue weighted by atomic mass is 32.1. The highest BCUT2D eigenvalue weighted by Gasteiger charge is 2.08. The molecule has 2 aromatic carbocycles. The molecule has 0 saturated heterocycles. The molecule has 0 atom stereocenters. The minimum Gasteiger partial charge on any atom is -0.497 e. The van der Waals surface area contributed by atoms with Crippen LogP contribution in [0, 0.1) is 5.82 Å². The highest BCUT2D eigenvalue weighted by Crippen LogP contribution is 2.18. The van der Waals surface area contributed by atoms with Crippen LogP contribution < -0.4 is 9.54 Å². The van der Waals surface area contributed by atoms with E-state index >= 15 is 0 Å². The summed E-state index contributed by atoms with van der Waals surface area (Å²) in [5, 5.41) is 0. The highest BCUT2D eigenvalue weighted by molar-refractivity contribution is 7.16.